The summed E-state index contributed by atoms with van der Waals surface area (Å²) in [4.78, 5) is 23.4. The Hall–Kier alpha value is -1.36. The lowest BCUT2D eigenvalue weighted by atomic mass is 9.71. The van der Waals surface area contributed by atoms with E-state index >= 15 is 0 Å². The molecular weight excluding hydrogens is 212 g/mol. The molecule has 0 heterocycles. The van der Waals surface area contributed by atoms with Crippen molar-refractivity contribution in [3.63, 3.8) is 0 Å². The van der Waals surface area contributed by atoms with Gasteiger partial charge in [-0.1, -0.05) is 6.58 Å². The molecule has 1 fully saturated rings. The highest BCUT2D eigenvalue weighted by atomic mass is 16.5. The molecule has 0 aliphatic heterocycles. The van der Waals surface area contributed by atoms with Crippen LogP contribution in [-0.4, -0.2) is 37.4 Å². The standard InChI is InChI=1S/C11H16O5/c1-7-6-11(9(13)15-2,10(14)16-3)5-4-8(7)12/h8,12H,1,4-6H2,2-3H3. The quantitative estimate of drug-likeness (QED) is 0.421. The second-order valence-corrected chi connectivity index (χ2v) is 3.95. The Labute approximate surface area is 94.0 Å². The van der Waals surface area contributed by atoms with Crippen molar-refractivity contribution in [2.75, 3.05) is 14.2 Å². The Morgan fingerprint density at radius 2 is 1.88 bits per heavy atom. The largest absolute Gasteiger partial charge is 0.468 e. The van der Waals surface area contributed by atoms with Crippen LogP contribution >= 0.6 is 0 Å². The molecule has 5 nitrogen and oxygen atoms in total. The Morgan fingerprint density at radius 1 is 1.38 bits per heavy atom. The van der Waals surface area contributed by atoms with Crippen LogP contribution in [0.1, 0.15) is 19.3 Å². The monoisotopic (exact) mass is 228 g/mol. The first-order chi connectivity index (χ1) is 7.47. The van der Waals surface area contributed by atoms with Gasteiger partial charge in [-0.3, -0.25) is 9.59 Å². The maximum Gasteiger partial charge on any atom is 0.323 e. The van der Waals surface area contributed by atoms with Crippen molar-refractivity contribution in [2.24, 2.45) is 5.41 Å². The third kappa shape index (κ3) is 1.95. The first-order valence-corrected chi connectivity index (χ1v) is 5.00. The van der Waals surface area contributed by atoms with Crippen LogP contribution in [0.4, 0.5) is 0 Å². The lowest BCUT2D eigenvalue weighted by Crippen LogP contribution is -2.45. The molecule has 1 saturated carbocycles. The normalized spacial score (nSPS) is 23.7. The van der Waals surface area contributed by atoms with Gasteiger partial charge in [0, 0.05) is 0 Å². The van der Waals surface area contributed by atoms with Crippen molar-refractivity contribution >= 4 is 11.9 Å². The van der Waals surface area contributed by atoms with Crippen molar-refractivity contribution in [3.8, 4) is 0 Å². The van der Waals surface area contributed by atoms with Gasteiger partial charge in [-0.2, -0.15) is 0 Å². The van der Waals surface area contributed by atoms with E-state index < -0.39 is 23.5 Å². The topological polar surface area (TPSA) is 72.8 Å². The second-order valence-electron chi connectivity index (χ2n) is 3.95. The zero-order valence-electron chi connectivity index (χ0n) is 9.49. The summed E-state index contributed by atoms with van der Waals surface area (Å²) < 4.78 is 9.27. The van der Waals surface area contributed by atoms with Crippen molar-refractivity contribution in [2.45, 2.75) is 25.4 Å². The van der Waals surface area contributed by atoms with Crippen molar-refractivity contribution in [3.05, 3.63) is 12.2 Å². The van der Waals surface area contributed by atoms with Crippen LogP contribution in [0.15, 0.2) is 12.2 Å². The molecule has 0 aromatic heterocycles. The smallest absolute Gasteiger partial charge is 0.323 e. The molecule has 0 amide bonds. The van der Waals surface area contributed by atoms with Gasteiger partial charge < -0.3 is 14.6 Å². The van der Waals surface area contributed by atoms with E-state index in [1.165, 1.54) is 14.2 Å². The molecular formula is C11H16O5. The molecule has 1 aliphatic rings. The van der Waals surface area contributed by atoms with Crippen LogP contribution < -0.4 is 0 Å². The maximum absolute atomic E-state index is 11.7. The lowest BCUT2D eigenvalue weighted by molar-refractivity contribution is -0.171. The van der Waals surface area contributed by atoms with Gasteiger partial charge in [-0.25, -0.2) is 0 Å². The highest BCUT2D eigenvalue weighted by Crippen LogP contribution is 2.40. The number of ether oxygens (including phenoxy) is 2. The van der Waals surface area contributed by atoms with Gasteiger partial charge in [0.25, 0.3) is 0 Å². The average Bonchev–Trinajstić information content (AvgIpc) is 2.30. The minimum Gasteiger partial charge on any atom is -0.468 e. The molecule has 5 heteroatoms. The summed E-state index contributed by atoms with van der Waals surface area (Å²) in [5, 5.41) is 9.52. The molecule has 0 radical (unpaired) electrons. The Bertz CT molecular complexity index is 304. The number of carbonyl (C=O) groups excluding carboxylic acids is 2. The molecule has 1 unspecified atom stereocenters. The van der Waals surface area contributed by atoms with E-state index in [2.05, 4.69) is 16.1 Å². The summed E-state index contributed by atoms with van der Waals surface area (Å²) in [6.07, 6.45) is -0.0641. The zero-order chi connectivity index (χ0) is 12.3. The predicted molar refractivity (Wildman–Crippen MR) is 55.5 cm³/mol. The molecule has 0 spiro atoms. The van der Waals surface area contributed by atoms with Crippen LogP contribution in [0.5, 0.6) is 0 Å². The van der Waals surface area contributed by atoms with Gasteiger partial charge in [-0.05, 0) is 24.8 Å². The molecule has 1 rings (SSSR count). The molecule has 0 aromatic carbocycles. The SMILES string of the molecule is C=C1CC(C(=O)OC)(C(=O)OC)CCC1O. The minimum absolute atomic E-state index is 0.0769. The lowest BCUT2D eigenvalue weighted by Gasteiger charge is -2.34. The number of methoxy groups -OCH3 is 2. The summed E-state index contributed by atoms with van der Waals surface area (Å²) in [5.74, 6) is -1.26. The molecule has 0 aromatic rings. The number of aliphatic hydroxyl groups excluding tert-OH is 1. The van der Waals surface area contributed by atoms with Crippen LogP contribution in [-0.2, 0) is 19.1 Å². The van der Waals surface area contributed by atoms with E-state index in [1.807, 2.05) is 0 Å². The van der Waals surface area contributed by atoms with Gasteiger partial charge >= 0.3 is 11.9 Å². The van der Waals surface area contributed by atoms with Crippen molar-refractivity contribution in [1.29, 1.82) is 0 Å². The third-order valence-corrected chi connectivity index (χ3v) is 3.00. The Balaban J connectivity index is 3.02. The van der Waals surface area contributed by atoms with E-state index in [0.717, 1.165) is 0 Å². The summed E-state index contributed by atoms with van der Waals surface area (Å²) in [5.41, 5.74) is -0.873. The van der Waals surface area contributed by atoms with Gasteiger partial charge in [-0.15, -0.1) is 0 Å². The van der Waals surface area contributed by atoms with Crippen LogP contribution in [0, 0.1) is 5.41 Å². The van der Waals surface area contributed by atoms with Gasteiger partial charge in [0.2, 0.25) is 0 Å². The van der Waals surface area contributed by atoms with Crippen LogP contribution in [0.25, 0.3) is 0 Å². The van der Waals surface area contributed by atoms with Gasteiger partial charge in [0.05, 0.1) is 20.3 Å². The van der Waals surface area contributed by atoms with Crippen molar-refractivity contribution < 1.29 is 24.2 Å². The summed E-state index contributed by atoms with van der Waals surface area (Å²) >= 11 is 0. The summed E-state index contributed by atoms with van der Waals surface area (Å²) in [6.45, 7) is 3.66. The highest BCUT2D eigenvalue weighted by Gasteiger charge is 2.51. The fraction of sp³-hybridized carbons (Fsp3) is 0.636. The number of hydrogen-bond acceptors (Lipinski definition) is 5. The number of aliphatic hydroxyl groups is 1. The molecule has 1 N–H and O–H groups in total. The molecule has 0 saturated heterocycles. The first-order valence-electron chi connectivity index (χ1n) is 5.00. The fourth-order valence-corrected chi connectivity index (χ4v) is 2.00. The van der Waals surface area contributed by atoms with Gasteiger partial charge in [0.1, 0.15) is 0 Å². The minimum atomic E-state index is -1.33. The predicted octanol–water partition coefficient (Wildman–Crippen LogP) is 0.420. The third-order valence-electron chi connectivity index (χ3n) is 3.00. The van der Waals surface area contributed by atoms with E-state index in [0.29, 0.717) is 12.0 Å². The fourth-order valence-electron chi connectivity index (χ4n) is 2.00. The van der Waals surface area contributed by atoms with Gasteiger partial charge in [0.15, 0.2) is 5.41 Å². The summed E-state index contributed by atoms with van der Waals surface area (Å²) in [7, 11) is 2.45. The van der Waals surface area contributed by atoms with E-state index in [9.17, 15) is 14.7 Å². The van der Waals surface area contributed by atoms with Crippen molar-refractivity contribution in [1.82, 2.24) is 0 Å². The summed E-state index contributed by atoms with van der Waals surface area (Å²) in [6, 6.07) is 0. The van der Waals surface area contributed by atoms with E-state index in [-0.39, 0.29) is 12.8 Å². The Kier molecular flexibility index (Phi) is 3.70. The average molecular weight is 228 g/mol. The number of hydrogen-bond donors (Lipinski definition) is 1. The molecule has 1 aliphatic carbocycles. The highest BCUT2D eigenvalue weighted by molar-refractivity contribution is 6.00. The molecule has 1 atom stereocenters. The van der Waals surface area contributed by atoms with E-state index in [4.69, 9.17) is 0 Å². The Morgan fingerprint density at radius 3 is 2.25 bits per heavy atom. The molecule has 16 heavy (non-hydrogen) atoms. The number of carbonyl (C=O) groups is 2. The maximum atomic E-state index is 11.7. The molecule has 0 bridgehead atoms. The van der Waals surface area contributed by atoms with Crippen LogP contribution in [0.2, 0.25) is 0 Å². The number of esters is 2. The molecule has 90 valence electrons. The number of rotatable bonds is 2. The first kappa shape index (κ1) is 12.7. The van der Waals surface area contributed by atoms with E-state index in [1.54, 1.807) is 0 Å². The van der Waals surface area contributed by atoms with Crippen LogP contribution in [0.3, 0.4) is 0 Å². The zero-order valence-corrected chi connectivity index (χ0v) is 9.49. The second kappa shape index (κ2) is 4.65.